The summed E-state index contributed by atoms with van der Waals surface area (Å²) in [4.78, 5) is 0. The van der Waals surface area contributed by atoms with Gasteiger partial charge in [-0.05, 0) is 6.42 Å². The summed E-state index contributed by atoms with van der Waals surface area (Å²) in [5.41, 5.74) is 0. The Labute approximate surface area is 73.9 Å². The molecule has 0 aliphatic carbocycles. The second-order valence-corrected chi connectivity index (χ2v) is 3.03. The molecule has 0 saturated carbocycles. The summed E-state index contributed by atoms with van der Waals surface area (Å²) in [6, 6.07) is -0.0583. The molecule has 2 unspecified atom stereocenters. The number of aliphatic hydroxyl groups is 1. The average molecular weight is 199 g/mol. The van der Waals surface area contributed by atoms with E-state index < -0.39 is 18.8 Å². The molecule has 2 N–H and O–H groups in total. The van der Waals surface area contributed by atoms with E-state index in [4.69, 9.17) is 9.84 Å². The Morgan fingerprint density at radius 2 is 2.23 bits per heavy atom. The largest absolute Gasteiger partial charge is 0.415 e. The first-order valence-corrected chi connectivity index (χ1v) is 4.06. The van der Waals surface area contributed by atoms with Crippen LogP contribution in [0.4, 0.5) is 13.2 Å². The van der Waals surface area contributed by atoms with Crippen molar-refractivity contribution in [3.63, 3.8) is 0 Å². The van der Waals surface area contributed by atoms with E-state index in [1.807, 2.05) is 0 Å². The van der Waals surface area contributed by atoms with Crippen LogP contribution in [0, 0.1) is 0 Å². The highest BCUT2D eigenvalue weighted by atomic mass is 19.4. The van der Waals surface area contributed by atoms with E-state index in [1.54, 1.807) is 0 Å². The minimum atomic E-state index is -4.54. The topological polar surface area (TPSA) is 41.5 Å². The van der Waals surface area contributed by atoms with Gasteiger partial charge in [-0.2, -0.15) is 13.2 Å². The lowest BCUT2D eigenvalue weighted by molar-refractivity contribution is -0.202. The van der Waals surface area contributed by atoms with E-state index in [2.05, 4.69) is 5.32 Å². The zero-order valence-corrected chi connectivity index (χ0v) is 6.97. The van der Waals surface area contributed by atoms with Crippen molar-refractivity contribution in [1.29, 1.82) is 0 Å². The van der Waals surface area contributed by atoms with Crippen LogP contribution in [0.25, 0.3) is 0 Å². The number of hydrogen-bond acceptors (Lipinski definition) is 3. The van der Waals surface area contributed by atoms with Crippen LogP contribution in [-0.2, 0) is 4.74 Å². The fourth-order valence-corrected chi connectivity index (χ4v) is 1.09. The van der Waals surface area contributed by atoms with Gasteiger partial charge in [0.2, 0.25) is 0 Å². The summed E-state index contributed by atoms with van der Waals surface area (Å²) in [6.45, 7) is 0.530. The Kier molecular flexibility index (Phi) is 3.52. The van der Waals surface area contributed by atoms with Gasteiger partial charge in [-0.1, -0.05) is 0 Å². The first kappa shape index (κ1) is 10.7. The fourth-order valence-electron chi connectivity index (χ4n) is 1.09. The molecule has 1 saturated heterocycles. The number of nitrogens with one attached hydrogen (secondary N) is 1. The predicted octanol–water partition coefficient (Wildman–Crippen LogP) is 0.288. The predicted molar refractivity (Wildman–Crippen MR) is 39.3 cm³/mol. The molecule has 0 spiro atoms. The lowest BCUT2D eigenvalue weighted by Gasteiger charge is -2.17. The molecule has 2 atom stereocenters. The lowest BCUT2D eigenvalue weighted by atomic mass is 10.2. The summed E-state index contributed by atoms with van der Waals surface area (Å²) in [5, 5.41) is 11.2. The molecule has 0 bridgehead atoms. The smallest absolute Gasteiger partial charge is 0.382 e. The van der Waals surface area contributed by atoms with E-state index in [-0.39, 0.29) is 6.04 Å². The van der Waals surface area contributed by atoms with Gasteiger partial charge in [0.1, 0.15) is 0 Å². The van der Waals surface area contributed by atoms with Gasteiger partial charge in [0.25, 0.3) is 0 Å². The van der Waals surface area contributed by atoms with Gasteiger partial charge < -0.3 is 15.2 Å². The normalized spacial score (nSPS) is 26.3. The van der Waals surface area contributed by atoms with Crippen molar-refractivity contribution in [3.05, 3.63) is 0 Å². The number of aliphatic hydroxyl groups excluding tert-OH is 1. The maximum Gasteiger partial charge on any atom is 0.415 e. The second kappa shape index (κ2) is 4.26. The van der Waals surface area contributed by atoms with Crippen LogP contribution in [-0.4, -0.2) is 43.2 Å². The molecule has 3 nitrogen and oxygen atoms in total. The van der Waals surface area contributed by atoms with Gasteiger partial charge in [0.05, 0.1) is 6.61 Å². The Morgan fingerprint density at radius 1 is 1.54 bits per heavy atom. The number of ether oxygens (including phenoxy) is 1. The van der Waals surface area contributed by atoms with Crippen LogP contribution >= 0.6 is 0 Å². The zero-order chi connectivity index (χ0) is 9.90. The molecule has 1 rings (SSSR count). The van der Waals surface area contributed by atoms with E-state index in [9.17, 15) is 13.2 Å². The minimum absolute atomic E-state index is 0.0583. The number of hydrogen-bond donors (Lipinski definition) is 2. The van der Waals surface area contributed by atoms with Crippen molar-refractivity contribution in [2.75, 3.05) is 19.8 Å². The second-order valence-electron chi connectivity index (χ2n) is 3.03. The molecule has 1 heterocycles. The van der Waals surface area contributed by atoms with E-state index >= 15 is 0 Å². The van der Waals surface area contributed by atoms with Crippen LogP contribution in [0.15, 0.2) is 0 Å². The first-order valence-electron chi connectivity index (χ1n) is 4.06. The summed E-state index contributed by atoms with van der Waals surface area (Å²) in [5.74, 6) is 0. The summed E-state index contributed by atoms with van der Waals surface area (Å²) in [7, 11) is 0. The summed E-state index contributed by atoms with van der Waals surface area (Å²) < 4.78 is 40.4. The van der Waals surface area contributed by atoms with Crippen molar-refractivity contribution in [1.82, 2.24) is 5.32 Å². The van der Waals surface area contributed by atoms with Crippen molar-refractivity contribution in [3.8, 4) is 0 Å². The van der Waals surface area contributed by atoms with Crippen molar-refractivity contribution < 1.29 is 23.0 Å². The fraction of sp³-hybridized carbons (Fsp3) is 1.00. The van der Waals surface area contributed by atoms with Gasteiger partial charge in [-0.25, -0.2) is 0 Å². The third kappa shape index (κ3) is 3.50. The summed E-state index contributed by atoms with van der Waals surface area (Å²) >= 11 is 0. The molecule has 0 amide bonds. The SMILES string of the molecule is OC(CNC1CCOC1)C(F)(F)F. The Hall–Kier alpha value is -0.330. The lowest BCUT2D eigenvalue weighted by Crippen LogP contribution is -2.42. The number of halogens is 3. The first-order chi connectivity index (χ1) is 6.00. The quantitative estimate of drug-likeness (QED) is 0.686. The Bertz CT molecular complexity index is 156. The Morgan fingerprint density at radius 3 is 2.69 bits per heavy atom. The van der Waals surface area contributed by atoms with Crippen molar-refractivity contribution in [2.45, 2.75) is 24.7 Å². The maximum absolute atomic E-state index is 11.8. The highest BCUT2D eigenvalue weighted by Crippen LogP contribution is 2.19. The molecule has 1 aliphatic heterocycles. The van der Waals surface area contributed by atoms with Crippen LogP contribution in [0.5, 0.6) is 0 Å². The summed E-state index contributed by atoms with van der Waals surface area (Å²) in [6.07, 6.45) is -6.12. The van der Waals surface area contributed by atoms with Gasteiger partial charge in [0.15, 0.2) is 6.10 Å². The molecular formula is C7H12F3NO2. The molecule has 0 aromatic carbocycles. The molecule has 0 radical (unpaired) electrons. The van der Waals surface area contributed by atoms with Crippen LogP contribution < -0.4 is 5.32 Å². The van der Waals surface area contributed by atoms with Crippen LogP contribution in [0.1, 0.15) is 6.42 Å². The van der Waals surface area contributed by atoms with Crippen molar-refractivity contribution >= 4 is 0 Å². The highest BCUT2D eigenvalue weighted by Gasteiger charge is 2.38. The van der Waals surface area contributed by atoms with Crippen LogP contribution in [0.3, 0.4) is 0 Å². The van der Waals surface area contributed by atoms with Gasteiger partial charge >= 0.3 is 6.18 Å². The third-order valence-corrected chi connectivity index (χ3v) is 1.91. The molecule has 13 heavy (non-hydrogen) atoms. The van der Waals surface area contributed by atoms with Gasteiger partial charge in [0, 0.05) is 19.2 Å². The maximum atomic E-state index is 11.8. The highest BCUT2D eigenvalue weighted by molar-refractivity contribution is 4.75. The number of alkyl halides is 3. The monoisotopic (exact) mass is 199 g/mol. The molecule has 1 fully saturated rings. The van der Waals surface area contributed by atoms with E-state index in [0.717, 1.165) is 0 Å². The van der Waals surface area contributed by atoms with E-state index in [1.165, 1.54) is 0 Å². The standard InChI is InChI=1S/C7H12F3NO2/c8-7(9,10)6(12)3-11-5-1-2-13-4-5/h5-6,11-12H,1-4H2. The Balaban J connectivity index is 2.17. The van der Waals surface area contributed by atoms with Crippen molar-refractivity contribution in [2.24, 2.45) is 0 Å². The van der Waals surface area contributed by atoms with Gasteiger partial charge in [-0.3, -0.25) is 0 Å². The third-order valence-electron chi connectivity index (χ3n) is 1.91. The zero-order valence-electron chi connectivity index (χ0n) is 6.97. The molecule has 1 aliphatic rings. The van der Waals surface area contributed by atoms with Gasteiger partial charge in [-0.15, -0.1) is 0 Å². The molecule has 6 heteroatoms. The van der Waals surface area contributed by atoms with E-state index in [0.29, 0.717) is 19.6 Å². The molecular weight excluding hydrogens is 187 g/mol. The molecule has 78 valence electrons. The minimum Gasteiger partial charge on any atom is -0.382 e. The molecule has 0 aromatic heterocycles. The number of rotatable bonds is 3. The average Bonchev–Trinajstić information content (AvgIpc) is 2.50. The molecule has 0 aromatic rings. The van der Waals surface area contributed by atoms with Crippen LogP contribution in [0.2, 0.25) is 0 Å².